The molecule has 2 aliphatic carbocycles. The standard InChI is InChI=1S/C18H34O/c1-3-4-15-5-8-17(9-6-15)18-10-7-16(11-12-19)13-14(18)2/h14-19H,3-13H2,1-2H3. The molecule has 2 saturated carbocycles. The van der Waals surface area contributed by atoms with Crippen LogP contribution in [0.1, 0.15) is 78.1 Å². The molecule has 0 spiro atoms. The van der Waals surface area contributed by atoms with Crippen molar-refractivity contribution in [1.82, 2.24) is 0 Å². The van der Waals surface area contributed by atoms with Crippen LogP contribution in [0.5, 0.6) is 0 Å². The first-order valence-corrected chi connectivity index (χ1v) is 8.85. The summed E-state index contributed by atoms with van der Waals surface area (Å²) in [4.78, 5) is 0. The maximum atomic E-state index is 9.10. The average Bonchev–Trinajstić information content (AvgIpc) is 2.41. The van der Waals surface area contributed by atoms with E-state index in [2.05, 4.69) is 13.8 Å². The van der Waals surface area contributed by atoms with Crippen molar-refractivity contribution in [2.45, 2.75) is 78.1 Å². The van der Waals surface area contributed by atoms with E-state index < -0.39 is 0 Å². The zero-order chi connectivity index (χ0) is 13.7. The number of hydrogen-bond donors (Lipinski definition) is 1. The Hall–Kier alpha value is -0.0400. The Morgan fingerprint density at radius 2 is 1.58 bits per heavy atom. The second-order valence-corrected chi connectivity index (χ2v) is 7.40. The lowest BCUT2D eigenvalue weighted by molar-refractivity contribution is 0.0864. The Labute approximate surface area is 120 Å². The average molecular weight is 266 g/mol. The molecule has 3 unspecified atom stereocenters. The molecule has 1 nitrogen and oxygen atoms in total. The molecule has 112 valence electrons. The van der Waals surface area contributed by atoms with Crippen LogP contribution in [0.2, 0.25) is 0 Å². The minimum atomic E-state index is 0.393. The van der Waals surface area contributed by atoms with Crippen molar-refractivity contribution in [3.05, 3.63) is 0 Å². The lowest BCUT2D eigenvalue weighted by Crippen LogP contribution is -2.31. The van der Waals surface area contributed by atoms with Crippen molar-refractivity contribution in [3.63, 3.8) is 0 Å². The summed E-state index contributed by atoms with van der Waals surface area (Å²) in [5.74, 6) is 4.78. The van der Waals surface area contributed by atoms with E-state index in [4.69, 9.17) is 5.11 Å². The minimum Gasteiger partial charge on any atom is -0.396 e. The molecule has 0 radical (unpaired) electrons. The fourth-order valence-electron chi connectivity index (χ4n) is 4.99. The highest BCUT2D eigenvalue weighted by Crippen LogP contribution is 2.45. The highest BCUT2D eigenvalue weighted by Gasteiger charge is 2.34. The van der Waals surface area contributed by atoms with Crippen LogP contribution in [0.15, 0.2) is 0 Å². The number of rotatable bonds is 5. The summed E-state index contributed by atoms with van der Waals surface area (Å²) in [6.45, 7) is 5.20. The molecular weight excluding hydrogens is 232 g/mol. The van der Waals surface area contributed by atoms with Gasteiger partial charge in [-0.05, 0) is 61.7 Å². The lowest BCUT2D eigenvalue weighted by atomic mass is 9.64. The van der Waals surface area contributed by atoms with Gasteiger partial charge in [0.25, 0.3) is 0 Å². The van der Waals surface area contributed by atoms with E-state index in [1.807, 2.05) is 0 Å². The summed E-state index contributed by atoms with van der Waals surface area (Å²) >= 11 is 0. The first-order valence-electron chi connectivity index (χ1n) is 8.85. The van der Waals surface area contributed by atoms with Crippen LogP contribution >= 0.6 is 0 Å². The molecule has 19 heavy (non-hydrogen) atoms. The van der Waals surface area contributed by atoms with Gasteiger partial charge < -0.3 is 5.11 Å². The Kier molecular flexibility index (Phi) is 6.19. The monoisotopic (exact) mass is 266 g/mol. The Morgan fingerprint density at radius 3 is 2.16 bits per heavy atom. The maximum absolute atomic E-state index is 9.10. The zero-order valence-electron chi connectivity index (χ0n) is 13.1. The van der Waals surface area contributed by atoms with Crippen LogP contribution in [-0.2, 0) is 0 Å². The number of aliphatic hydroxyl groups excluding tert-OH is 1. The van der Waals surface area contributed by atoms with Crippen molar-refractivity contribution < 1.29 is 5.11 Å². The van der Waals surface area contributed by atoms with Crippen LogP contribution in [0, 0.1) is 29.6 Å². The highest BCUT2D eigenvalue weighted by molar-refractivity contribution is 4.85. The van der Waals surface area contributed by atoms with E-state index in [0.29, 0.717) is 6.61 Å². The fraction of sp³-hybridized carbons (Fsp3) is 1.00. The van der Waals surface area contributed by atoms with E-state index in [1.165, 1.54) is 57.8 Å². The van der Waals surface area contributed by atoms with E-state index in [-0.39, 0.29) is 0 Å². The summed E-state index contributed by atoms with van der Waals surface area (Å²) < 4.78 is 0. The second-order valence-electron chi connectivity index (χ2n) is 7.40. The van der Waals surface area contributed by atoms with Crippen LogP contribution in [0.3, 0.4) is 0 Å². The Bertz CT molecular complexity index is 242. The molecule has 2 fully saturated rings. The summed E-state index contributed by atoms with van der Waals surface area (Å²) in [6, 6.07) is 0. The number of aliphatic hydroxyl groups is 1. The van der Waals surface area contributed by atoms with Crippen LogP contribution in [0.25, 0.3) is 0 Å². The largest absolute Gasteiger partial charge is 0.396 e. The van der Waals surface area contributed by atoms with Crippen molar-refractivity contribution in [1.29, 1.82) is 0 Å². The summed E-state index contributed by atoms with van der Waals surface area (Å²) in [7, 11) is 0. The van der Waals surface area contributed by atoms with Gasteiger partial charge in [0.15, 0.2) is 0 Å². The molecule has 1 heteroatoms. The van der Waals surface area contributed by atoms with Crippen molar-refractivity contribution >= 4 is 0 Å². The third-order valence-corrected chi connectivity index (χ3v) is 6.08. The smallest absolute Gasteiger partial charge is 0.0433 e. The third kappa shape index (κ3) is 4.21. The predicted octanol–water partition coefficient (Wildman–Crippen LogP) is 5.03. The SMILES string of the molecule is CCCC1CCC(C2CCC(CCO)CC2C)CC1. The van der Waals surface area contributed by atoms with Gasteiger partial charge in [-0.3, -0.25) is 0 Å². The zero-order valence-corrected chi connectivity index (χ0v) is 13.1. The van der Waals surface area contributed by atoms with Gasteiger partial charge in [0, 0.05) is 6.61 Å². The van der Waals surface area contributed by atoms with Crippen molar-refractivity contribution in [2.24, 2.45) is 29.6 Å². The predicted molar refractivity (Wildman–Crippen MR) is 82.1 cm³/mol. The molecule has 0 aromatic carbocycles. The lowest BCUT2D eigenvalue weighted by Gasteiger charge is -2.41. The normalized spacial score (nSPS) is 40.3. The van der Waals surface area contributed by atoms with Gasteiger partial charge in [-0.25, -0.2) is 0 Å². The molecule has 1 N–H and O–H groups in total. The molecular formula is C18H34O. The van der Waals surface area contributed by atoms with E-state index >= 15 is 0 Å². The molecule has 3 atom stereocenters. The van der Waals surface area contributed by atoms with Gasteiger partial charge in [-0.1, -0.05) is 46.0 Å². The van der Waals surface area contributed by atoms with Gasteiger partial charge in [-0.2, -0.15) is 0 Å². The fourth-order valence-corrected chi connectivity index (χ4v) is 4.99. The minimum absolute atomic E-state index is 0.393. The second kappa shape index (κ2) is 7.67. The summed E-state index contributed by atoms with van der Waals surface area (Å²) in [5, 5.41) is 9.10. The maximum Gasteiger partial charge on any atom is 0.0433 e. The molecule has 0 aromatic rings. The van der Waals surface area contributed by atoms with Gasteiger partial charge in [0.1, 0.15) is 0 Å². The van der Waals surface area contributed by atoms with Crippen LogP contribution in [0.4, 0.5) is 0 Å². The third-order valence-electron chi connectivity index (χ3n) is 6.08. The molecule has 0 bridgehead atoms. The van der Waals surface area contributed by atoms with Crippen molar-refractivity contribution in [2.75, 3.05) is 6.61 Å². The first kappa shape index (κ1) is 15.4. The van der Waals surface area contributed by atoms with Gasteiger partial charge in [0.2, 0.25) is 0 Å². The Morgan fingerprint density at radius 1 is 0.895 bits per heavy atom. The summed E-state index contributed by atoms with van der Waals surface area (Å²) in [5.41, 5.74) is 0. The quantitative estimate of drug-likeness (QED) is 0.740. The van der Waals surface area contributed by atoms with Crippen molar-refractivity contribution in [3.8, 4) is 0 Å². The van der Waals surface area contributed by atoms with Gasteiger partial charge in [0.05, 0.1) is 0 Å². The Balaban J connectivity index is 1.77. The molecule has 0 amide bonds. The first-order chi connectivity index (χ1) is 9.24. The van der Waals surface area contributed by atoms with Gasteiger partial charge in [-0.15, -0.1) is 0 Å². The molecule has 2 aliphatic rings. The molecule has 0 aromatic heterocycles. The van der Waals surface area contributed by atoms with Gasteiger partial charge >= 0.3 is 0 Å². The molecule has 2 rings (SSSR count). The molecule has 0 aliphatic heterocycles. The summed E-state index contributed by atoms with van der Waals surface area (Å²) in [6.07, 6.45) is 14.1. The topological polar surface area (TPSA) is 20.2 Å². The molecule has 0 heterocycles. The molecule has 0 saturated heterocycles. The van der Waals surface area contributed by atoms with E-state index in [0.717, 1.165) is 36.0 Å². The van der Waals surface area contributed by atoms with Crippen LogP contribution < -0.4 is 0 Å². The number of hydrogen-bond acceptors (Lipinski definition) is 1. The van der Waals surface area contributed by atoms with E-state index in [9.17, 15) is 0 Å². The highest BCUT2D eigenvalue weighted by atomic mass is 16.3. The van der Waals surface area contributed by atoms with E-state index in [1.54, 1.807) is 0 Å². The van der Waals surface area contributed by atoms with Crippen LogP contribution in [-0.4, -0.2) is 11.7 Å².